The predicted octanol–water partition coefficient (Wildman–Crippen LogP) is 3.76. The van der Waals surface area contributed by atoms with Crippen LogP contribution in [0.25, 0.3) is 0 Å². The lowest BCUT2D eigenvalue weighted by molar-refractivity contribution is -0.384. The van der Waals surface area contributed by atoms with Gasteiger partial charge in [0, 0.05) is 12.1 Å². The van der Waals surface area contributed by atoms with Crippen molar-refractivity contribution in [3.8, 4) is 0 Å². The van der Waals surface area contributed by atoms with E-state index in [4.69, 9.17) is 0 Å². The van der Waals surface area contributed by atoms with E-state index in [0.29, 0.717) is 11.1 Å². The first-order valence-corrected chi connectivity index (χ1v) is 6.86. The summed E-state index contributed by atoms with van der Waals surface area (Å²) in [4.78, 5) is 32.9. The van der Waals surface area contributed by atoms with Gasteiger partial charge in [0.2, 0.25) is 0 Å². The van der Waals surface area contributed by atoms with Gasteiger partial charge in [-0.05, 0) is 37.1 Å². The summed E-state index contributed by atoms with van der Waals surface area (Å²) in [5.41, 5.74) is 0.812. The van der Waals surface area contributed by atoms with E-state index >= 15 is 0 Å². The Morgan fingerprint density at radius 3 is 1.54 bits per heavy atom. The topological polar surface area (TPSA) is 127 Å². The largest absolute Gasteiger partial charge is 0.324 e. The van der Waals surface area contributed by atoms with E-state index in [1.165, 1.54) is 24.3 Å². The standard InChI is InChI=1S/C15H14N4O5/c1-9-3-5-11(13(7-9)18(21)22)16-15(20)17-12-6-4-10(2)8-14(12)19(23)24/h3-8H,1-2H3,(H2,16,17,20). The van der Waals surface area contributed by atoms with Crippen molar-refractivity contribution in [3.05, 3.63) is 67.8 Å². The third-order valence-corrected chi connectivity index (χ3v) is 3.20. The fourth-order valence-corrected chi connectivity index (χ4v) is 2.07. The summed E-state index contributed by atoms with van der Waals surface area (Å²) in [6.45, 7) is 3.37. The van der Waals surface area contributed by atoms with Gasteiger partial charge >= 0.3 is 6.03 Å². The molecular weight excluding hydrogens is 316 g/mol. The zero-order chi connectivity index (χ0) is 17.9. The van der Waals surface area contributed by atoms with Crippen LogP contribution in [-0.4, -0.2) is 15.9 Å². The van der Waals surface area contributed by atoms with Gasteiger partial charge in [0.15, 0.2) is 0 Å². The Morgan fingerprint density at radius 2 is 1.21 bits per heavy atom. The Morgan fingerprint density at radius 1 is 0.833 bits per heavy atom. The maximum atomic E-state index is 12.0. The van der Waals surface area contributed by atoms with Crippen molar-refractivity contribution in [3.63, 3.8) is 0 Å². The molecule has 2 aromatic carbocycles. The molecule has 0 bridgehead atoms. The minimum Gasteiger partial charge on any atom is -0.302 e. The van der Waals surface area contributed by atoms with Crippen LogP contribution < -0.4 is 10.6 Å². The van der Waals surface area contributed by atoms with Gasteiger partial charge in [-0.25, -0.2) is 4.79 Å². The summed E-state index contributed by atoms with van der Waals surface area (Å²) < 4.78 is 0. The molecule has 0 aliphatic heterocycles. The third kappa shape index (κ3) is 3.83. The average Bonchev–Trinajstić information content (AvgIpc) is 2.50. The van der Waals surface area contributed by atoms with Gasteiger partial charge in [0.1, 0.15) is 11.4 Å². The minimum atomic E-state index is -0.811. The number of urea groups is 1. The van der Waals surface area contributed by atoms with E-state index < -0.39 is 15.9 Å². The van der Waals surface area contributed by atoms with E-state index in [2.05, 4.69) is 10.6 Å². The molecule has 0 fully saturated rings. The maximum absolute atomic E-state index is 12.0. The summed E-state index contributed by atoms with van der Waals surface area (Å²) in [7, 11) is 0. The van der Waals surface area contributed by atoms with Gasteiger partial charge in [-0.1, -0.05) is 12.1 Å². The van der Waals surface area contributed by atoms with Crippen LogP contribution in [-0.2, 0) is 0 Å². The minimum absolute atomic E-state index is 0.00198. The zero-order valence-electron chi connectivity index (χ0n) is 12.9. The summed E-state index contributed by atoms with van der Waals surface area (Å²) in [5.74, 6) is 0. The fourth-order valence-electron chi connectivity index (χ4n) is 2.07. The number of aryl methyl sites for hydroxylation is 2. The van der Waals surface area contributed by atoms with E-state index in [1.807, 2.05) is 0 Å². The van der Waals surface area contributed by atoms with Crippen molar-refractivity contribution in [2.45, 2.75) is 13.8 Å². The molecule has 0 heterocycles. The molecule has 0 saturated carbocycles. The molecule has 2 rings (SSSR count). The lowest BCUT2D eigenvalue weighted by atomic mass is 10.2. The first-order chi connectivity index (χ1) is 11.3. The molecule has 0 unspecified atom stereocenters. The SMILES string of the molecule is Cc1ccc(NC(=O)Nc2ccc(C)cc2[N+](=O)[O-])c([N+](=O)[O-])c1. The van der Waals surface area contributed by atoms with Crippen LogP contribution >= 0.6 is 0 Å². The average molecular weight is 330 g/mol. The Kier molecular flexibility index (Phi) is 4.73. The van der Waals surface area contributed by atoms with Crippen LogP contribution in [0.1, 0.15) is 11.1 Å². The van der Waals surface area contributed by atoms with Crippen molar-refractivity contribution in [2.24, 2.45) is 0 Å². The van der Waals surface area contributed by atoms with Crippen LogP contribution in [0.2, 0.25) is 0 Å². The molecular formula is C15H14N4O5. The number of rotatable bonds is 4. The first-order valence-electron chi connectivity index (χ1n) is 6.86. The third-order valence-electron chi connectivity index (χ3n) is 3.20. The highest BCUT2D eigenvalue weighted by atomic mass is 16.6. The molecule has 124 valence electrons. The molecule has 0 aliphatic carbocycles. The molecule has 0 spiro atoms. The van der Waals surface area contributed by atoms with Crippen LogP contribution in [0.3, 0.4) is 0 Å². The van der Waals surface area contributed by atoms with E-state index in [9.17, 15) is 25.0 Å². The first kappa shape index (κ1) is 16.9. The number of anilines is 2. The monoisotopic (exact) mass is 330 g/mol. The number of carbonyl (C=O) groups excluding carboxylic acids is 1. The molecule has 0 saturated heterocycles. The quantitative estimate of drug-likeness (QED) is 0.651. The molecule has 2 amide bonds. The van der Waals surface area contributed by atoms with Crippen LogP contribution in [0.15, 0.2) is 36.4 Å². The van der Waals surface area contributed by atoms with Gasteiger partial charge in [-0.2, -0.15) is 0 Å². The molecule has 0 aliphatic rings. The Hall–Kier alpha value is -3.49. The second-order valence-corrected chi connectivity index (χ2v) is 5.13. The van der Waals surface area contributed by atoms with E-state index in [1.54, 1.807) is 26.0 Å². The normalized spacial score (nSPS) is 10.1. The number of amides is 2. The zero-order valence-corrected chi connectivity index (χ0v) is 12.9. The molecule has 9 heteroatoms. The van der Waals surface area contributed by atoms with Crippen molar-refractivity contribution in [1.29, 1.82) is 0 Å². The number of benzene rings is 2. The van der Waals surface area contributed by atoms with Crippen LogP contribution in [0.4, 0.5) is 27.5 Å². The summed E-state index contributed by atoms with van der Waals surface area (Å²) in [6.07, 6.45) is 0. The number of nitro benzene ring substituents is 2. The Balaban J connectivity index is 2.24. The van der Waals surface area contributed by atoms with Gasteiger partial charge in [0.25, 0.3) is 11.4 Å². The van der Waals surface area contributed by atoms with Gasteiger partial charge in [-0.15, -0.1) is 0 Å². The highest BCUT2D eigenvalue weighted by Gasteiger charge is 2.19. The van der Waals surface area contributed by atoms with Crippen molar-refractivity contribution in [1.82, 2.24) is 0 Å². The van der Waals surface area contributed by atoms with Gasteiger partial charge in [0.05, 0.1) is 9.85 Å². The maximum Gasteiger partial charge on any atom is 0.324 e. The Labute approximate surface area is 136 Å². The van der Waals surface area contributed by atoms with Gasteiger partial charge < -0.3 is 10.6 Å². The molecule has 2 aromatic rings. The van der Waals surface area contributed by atoms with E-state index in [0.717, 1.165) is 0 Å². The van der Waals surface area contributed by atoms with Crippen molar-refractivity contribution in [2.75, 3.05) is 10.6 Å². The second-order valence-electron chi connectivity index (χ2n) is 5.13. The highest BCUT2D eigenvalue weighted by Crippen LogP contribution is 2.27. The molecule has 0 radical (unpaired) electrons. The number of nitrogens with zero attached hydrogens (tertiary/aromatic N) is 2. The van der Waals surface area contributed by atoms with Gasteiger partial charge in [-0.3, -0.25) is 20.2 Å². The van der Waals surface area contributed by atoms with E-state index in [-0.39, 0.29) is 22.7 Å². The van der Waals surface area contributed by atoms with Crippen molar-refractivity contribution < 1.29 is 14.6 Å². The number of nitrogens with one attached hydrogen (secondary N) is 2. The smallest absolute Gasteiger partial charge is 0.302 e. The molecule has 2 N–H and O–H groups in total. The summed E-state index contributed by atoms with van der Waals surface area (Å²) >= 11 is 0. The number of hydrogen-bond acceptors (Lipinski definition) is 5. The molecule has 24 heavy (non-hydrogen) atoms. The highest BCUT2D eigenvalue weighted by molar-refractivity contribution is 6.02. The number of hydrogen-bond donors (Lipinski definition) is 2. The second kappa shape index (κ2) is 6.73. The lowest BCUT2D eigenvalue weighted by Gasteiger charge is -2.09. The summed E-state index contributed by atoms with van der Waals surface area (Å²) in [6, 6.07) is 7.85. The van der Waals surface area contributed by atoms with Crippen molar-refractivity contribution >= 4 is 28.8 Å². The Bertz CT molecular complexity index is 767. The number of nitro groups is 2. The molecule has 0 atom stereocenters. The molecule has 0 aromatic heterocycles. The van der Waals surface area contributed by atoms with Crippen LogP contribution in [0.5, 0.6) is 0 Å². The summed E-state index contributed by atoms with van der Waals surface area (Å²) in [5, 5.41) is 26.7. The molecule has 9 nitrogen and oxygen atoms in total. The number of carbonyl (C=O) groups is 1. The fraction of sp³-hybridized carbons (Fsp3) is 0.133. The predicted molar refractivity (Wildman–Crippen MR) is 88.3 cm³/mol. The lowest BCUT2D eigenvalue weighted by Crippen LogP contribution is -2.20. The van der Waals surface area contributed by atoms with Crippen LogP contribution in [0, 0.1) is 34.1 Å².